The summed E-state index contributed by atoms with van der Waals surface area (Å²) in [7, 11) is 1.61. The SMILES string of the molecule is CCC(O)c1cc2c(Br)c(OC)cc(Br)c2o1. The summed E-state index contributed by atoms with van der Waals surface area (Å²) in [5.74, 6) is 1.29. The number of hydrogen-bond acceptors (Lipinski definition) is 3. The number of fused-ring (bicyclic) bond motifs is 1. The second kappa shape index (κ2) is 5.00. The highest BCUT2D eigenvalue weighted by Crippen LogP contribution is 2.40. The molecule has 0 radical (unpaired) electrons. The maximum Gasteiger partial charge on any atom is 0.150 e. The van der Waals surface area contributed by atoms with Crippen LogP contribution in [0.5, 0.6) is 5.75 Å². The molecule has 0 saturated carbocycles. The number of halogens is 2. The molecule has 92 valence electrons. The van der Waals surface area contributed by atoms with Gasteiger partial charge in [0, 0.05) is 5.39 Å². The number of ether oxygens (including phenoxy) is 1. The minimum absolute atomic E-state index is 0.567. The van der Waals surface area contributed by atoms with Gasteiger partial charge in [-0.2, -0.15) is 0 Å². The van der Waals surface area contributed by atoms with Crippen LogP contribution in [-0.2, 0) is 0 Å². The van der Waals surface area contributed by atoms with Gasteiger partial charge in [0.2, 0.25) is 0 Å². The predicted octanol–water partition coefficient (Wildman–Crippen LogP) is 4.41. The van der Waals surface area contributed by atoms with E-state index in [0.29, 0.717) is 17.8 Å². The Kier molecular flexibility index (Phi) is 3.80. The summed E-state index contributed by atoms with van der Waals surface area (Å²) in [5.41, 5.74) is 0.708. The number of methoxy groups -OCH3 is 1. The van der Waals surface area contributed by atoms with Gasteiger partial charge in [0.25, 0.3) is 0 Å². The molecule has 1 heterocycles. The highest BCUT2D eigenvalue weighted by atomic mass is 79.9. The van der Waals surface area contributed by atoms with Crippen molar-refractivity contribution in [1.82, 2.24) is 0 Å². The second-order valence-corrected chi connectivity index (χ2v) is 5.34. The number of hydrogen-bond donors (Lipinski definition) is 1. The summed E-state index contributed by atoms with van der Waals surface area (Å²) in [6, 6.07) is 3.67. The molecule has 0 fully saturated rings. The van der Waals surface area contributed by atoms with E-state index in [4.69, 9.17) is 9.15 Å². The Labute approximate surface area is 116 Å². The Morgan fingerprint density at radius 3 is 2.71 bits per heavy atom. The molecule has 0 spiro atoms. The first-order valence-corrected chi connectivity index (χ1v) is 6.80. The Hall–Kier alpha value is -0.520. The van der Waals surface area contributed by atoms with E-state index in [1.165, 1.54) is 0 Å². The number of aliphatic hydroxyl groups is 1. The molecular formula is C12H12Br2O3. The monoisotopic (exact) mass is 362 g/mol. The van der Waals surface area contributed by atoms with E-state index >= 15 is 0 Å². The van der Waals surface area contributed by atoms with Crippen LogP contribution in [0, 0.1) is 0 Å². The molecular weight excluding hydrogens is 352 g/mol. The fourth-order valence-corrected chi connectivity index (χ4v) is 2.71. The Balaban J connectivity index is 2.67. The third-order valence-electron chi connectivity index (χ3n) is 2.61. The van der Waals surface area contributed by atoms with Crippen molar-refractivity contribution in [3.8, 4) is 5.75 Å². The average Bonchev–Trinajstić information content (AvgIpc) is 2.78. The molecule has 1 aromatic heterocycles. The molecule has 0 aliphatic rings. The van der Waals surface area contributed by atoms with Crippen molar-refractivity contribution < 1.29 is 14.3 Å². The lowest BCUT2D eigenvalue weighted by Gasteiger charge is -2.04. The van der Waals surface area contributed by atoms with Gasteiger partial charge in [0.05, 0.1) is 16.1 Å². The van der Waals surface area contributed by atoms with Gasteiger partial charge in [0.15, 0.2) is 0 Å². The molecule has 17 heavy (non-hydrogen) atoms. The normalized spacial score (nSPS) is 13.0. The van der Waals surface area contributed by atoms with Gasteiger partial charge in [0.1, 0.15) is 23.2 Å². The van der Waals surface area contributed by atoms with E-state index in [1.807, 2.05) is 19.1 Å². The zero-order valence-electron chi connectivity index (χ0n) is 9.46. The van der Waals surface area contributed by atoms with Crippen LogP contribution < -0.4 is 4.74 Å². The standard InChI is InChI=1S/C12H12Br2O3/c1-3-8(15)9-4-6-11(14)10(16-2)5-7(13)12(6)17-9/h4-5,8,15H,3H2,1-2H3. The Morgan fingerprint density at radius 1 is 1.41 bits per heavy atom. The van der Waals surface area contributed by atoms with E-state index in [9.17, 15) is 5.11 Å². The summed E-state index contributed by atoms with van der Waals surface area (Å²) in [4.78, 5) is 0. The highest BCUT2D eigenvalue weighted by Gasteiger charge is 2.17. The van der Waals surface area contributed by atoms with Crippen LogP contribution in [0.3, 0.4) is 0 Å². The molecule has 2 rings (SSSR count). The van der Waals surface area contributed by atoms with Crippen LogP contribution in [0.25, 0.3) is 11.0 Å². The van der Waals surface area contributed by atoms with Gasteiger partial charge in [-0.05, 0) is 50.4 Å². The molecule has 1 N–H and O–H groups in total. The molecule has 0 bridgehead atoms. The number of aliphatic hydroxyl groups excluding tert-OH is 1. The first-order valence-electron chi connectivity index (χ1n) is 5.22. The van der Waals surface area contributed by atoms with Crippen LogP contribution in [0.1, 0.15) is 25.2 Å². The van der Waals surface area contributed by atoms with Crippen molar-refractivity contribution in [2.75, 3.05) is 7.11 Å². The third-order valence-corrected chi connectivity index (χ3v) is 4.02. The van der Waals surface area contributed by atoms with Crippen LogP contribution >= 0.6 is 31.9 Å². The lowest BCUT2D eigenvalue weighted by atomic mass is 10.2. The average molecular weight is 364 g/mol. The molecule has 1 atom stereocenters. The van der Waals surface area contributed by atoms with Crippen LogP contribution in [0.4, 0.5) is 0 Å². The molecule has 0 aliphatic heterocycles. The predicted molar refractivity (Wildman–Crippen MR) is 73.4 cm³/mol. The molecule has 3 nitrogen and oxygen atoms in total. The molecule has 0 saturated heterocycles. The van der Waals surface area contributed by atoms with Crippen LogP contribution in [0.15, 0.2) is 25.5 Å². The molecule has 0 amide bonds. The maximum atomic E-state index is 9.78. The lowest BCUT2D eigenvalue weighted by molar-refractivity contribution is 0.148. The lowest BCUT2D eigenvalue weighted by Crippen LogP contribution is -1.91. The molecule has 1 unspecified atom stereocenters. The van der Waals surface area contributed by atoms with Gasteiger partial charge in [-0.25, -0.2) is 0 Å². The van der Waals surface area contributed by atoms with Gasteiger partial charge in [-0.1, -0.05) is 6.92 Å². The summed E-state index contributed by atoms with van der Waals surface area (Å²) in [6.07, 6.45) is 0.0406. The fraction of sp³-hybridized carbons (Fsp3) is 0.333. The van der Waals surface area contributed by atoms with E-state index < -0.39 is 6.10 Å². The van der Waals surface area contributed by atoms with E-state index in [1.54, 1.807) is 7.11 Å². The highest BCUT2D eigenvalue weighted by molar-refractivity contribution is 9.11. The zero-order valence-corrected chi connectivity index (χ0v) is 12.6. The summed E-state index contributed by atoms with van der Waals surface area (Å²) >= 11 is 6.90. The third kappa shape index (κ3) is 2.23. The van der Waals surface area contributed by atoms with Gasteiger partial charge in [-0.15, -0.1) is 0 Å². The van der Waals surface area contributed by atoms with Crippen LogP contribution in [-0.4, -0.2) is 12.2 Å². The first-order chi connectivity index (χ1) is 8.08. The molecule has 2 aromatic rings. The number of benzene rings is 1. The second-order valence-electron chi connectivity index (χ2n) is 3.69. The van der Waals surface area contributed by atoms with Crippen molar-refractivity contribution in [3.05, 3.63) is 26.8 Å². The zero-order chi connectivity index (χ0) is 12.6. The van der Waals surface area contributed by atoms with Gasteiger partial charge < -0.3 is 14.3 Å². The Bertz CT molecular complexity index is 548. The van der Waals surface area contributed by atoms with Gasteiger partial charge >= 0.3 is 0 Å². The summed E-state index contributed by atoms with van der Waals surface area (Å²) in [6.45, 7) is 1.91. The number of rotatable bonds is 3. The molecule has 5 heteroatoms. The summed E-state index contributed by atoms with van der Waals surface area (Å²) in [5, 5.41) is 10.7. The number of furan rings is 1. The quantitative estimate of drug-likeness (QED) is 0.878. The van der Waals surface area contributed by atoms with Gasteiger partial charge in [-0.3, -0.25) is 0 Å². The summed E-state index contributed by atoms with van der Waals surface area (Å²) < 4.78 is 12.5. The van der Waals surface area contributed by atoms with Crippen molar-refractivity contribution in [3.63, 3.8) is 0 Å². The Morgan fingerprint density at radius 2 is 2.12 bits per heavy atom. The maximum absolute atomic E-state index is 9.78. The smallest absolute Gasteiger partial charge is 0.150 e. The minimum atomic E-state index is -0.577. The topological polar surface area (TPSA) is 42.6 Å². The fourth-order valence-electron chi connectivity index (χ4n) is 1.64. The largest absolute Gasteiger partial charge is 0.496 e. The van der Waals surface area contributed by atoms with E-state index in [0.717, 1.165) is 20.1 Å². The molecule has 0 aliphatic carbocycles. The molecule has 1 aromatic carbocycles. The van der Waals surface area contributed by atoms with Crippen molar-refractivity contribution in [2.45, 2.75) is 19.4 Å². The minimum Gasteiger partial charge on any atom is -0.496 e. The van der Waals surface area contributed by atoms with E-state index in [-0.39, 0.29) is 0 Å². The first kappa shape index (κ1) is 12.9. The van der Waals surface area contributed by atoms with Crippen molar-refractivity contribution in [2.24, 2.45) is 0 Å². The van der Waals surface area contributed by atoms with Crippen molar-refractivity contribution >= 4 is 42.8 Å². The van der Waals surface area contributed by atoms with Crippen LogP contribution in [0.2, 0.25) is 0 Å². The van der Waals surface area contributed by atoms with E-state index in [2.05, 4.69) is 31.9 Å². The van der Waals surface area contributed by atoms with Crippen molar-refractivity contribution in [1.29, 1.82) is 0 Å².